The molecule has 0 radical (unpaired) electrons. The first-order valence-corrected chi connectivity index (χ1v) is 11.6. The molecule has 3 N–H and O–H groups in total. The summed E-state index contributed by atoms with van der Waals surface area (Å²) in [7, 11) is 0. The van der Waals surface area contributed by atoms with Crippen LogP contribution in [0, 0.1) is 17.5 Å². The molecule has 4 rings (SSSR count). The number of alkyl halides is 3. The van der Waals surface area contributed by atoms with Gasteiger partial charge in [-0.15, -0.1) is 0 Å². The van der Waals surface area contributed by atoms with Gasteiger partial charge in [0.05, 0.1) is 11.4 Å². The molecular weight excluding hydrogens is 552 g/mol. The van der Waals surface area contributed by atoms with Gasteiger partial charge < -0.3 is 15.7 Å². The predicted octanol–water partition coefficient (Wildman–Crippen LogP) is 3.25. The van der Waals surface area contributed by atoms with Crippen molar-refractivity contribution in [1.29, 1.82) is 0 Å². The Morgan fingerprint density at radius 2 is 1.80 bits per heavy atom. The van der Waals surface area contributed by atoms with Crippen molar-refractivity contribution in [3.63, 3.8) is 0 Å². The maximum atomic E-state index is 14.8. The summed E-state index contributed by atoms with van der Waals surface area (Å²) in [6.07, 6.45) is -6.49. The fourth-order valence-corrected chi connectivity index (χ4v) is 4.29. The summed E-state index contributed by atoms with van der Waals surface area (Å²) >= 11 is 0. The number of carbonyl (C=O) groups is 3. The number of aromatic nitrogens is 2. The van der Waals surface area contributed by atoms with E-state index in [4.69, 9.17) is 5.11 Å². The number of fused-ring (bicyclic) bond motifs is 1. The van der Waals surface area contributed by atoms with Crippen LogP contribution >= 0.6 is 0 Å². The van der Waals surface area contributed by atoms with Crippen LogP contribution in [-0.2, 0) is 4.79 Å². The first-order valence-electron chi connectivity index (χ1n) is 11.6. The van der Waals surface area contributed by atoms with Gasteiger partial charge in [0.25, 0.3) is 5.91 Å². The molecule has 40 heavy (non-hydrogen) atoms. The van der Waals surface area contributed by atoms with Crippen LogP contribution in [0.5, 0.6) is 0 Å². The molecule has 0 aliphatic carbocycles. The maximum Gasteiger partial charge on any atom is 0.408 e. The molecule has 10 nitrogen and oxygen atoms in total. The van der Waals surface area contributed by atoms with Gasteiger partial charge >= 0.3 is 12.3 Å². The smallest absolute Gasteiger partial charge is 0.408 e. The van der Waals surface area contributed by atoms with Crippen molar-refractivity contribution in [3.05, 3.63) is 63.7 Å². The van der Waals surface area contributed by atoms with E-state index in [-0.39, 0.29) is 18.8 Å². The molecule has 0 saturated carbocycles. The summed E-state index contributed by atoms with van der Waals surface area (Å²) in [6.45, 7) is 0.964. The maximum absolute atomic E-state index is 14.8. The highest BCUT2D eigenvalue weighted by atomic mass is 19.4. The minimum atomic E-state index is -4.86. The van der Waals surface area contributed by atoms with Crippen LogP contribution in [-0.4, -0.2) is 57.4 Å². The zero-order valence-electron chi connectivity index (χ0n) is 20.4. The molecule has 3 heterocycles. The number of hydrogen-bond donors (Lipinski definition) is 3. The number of benzene rings is 1. The number of carboxylic acid groups (broad SMARTS) is 1. The van der Waals surface area contributed by atoms with Crippen molar-refractivity contribution >= 4 is 34.8 Å². The number of nitrogens with zero attached hydrogens (tertiary/aromatic N) is 3. The summed E-state index contributed by atoms with van der Waals surface area (Å²) in [5.41, 5.74) is -3.59. The van der Waals surface area contributed by atoms with E-state index < -0.39 is 87.8 Å². The lowest BCUT2D eigenvalue weighted by atomic mass is 10.1. The Morgan fingerprint density at radius 3 is 2.38 bits per heavy atom. The van der Waals surface area contributed by atoms with Crippen LogP contribution in [0.15, 0.2) is 35.3 Å². The number of hydrogen-bond acceptors (Lipinski definition) is 5. The molecular formula is C24H19F6N5O5. The van der Waals surface area contributed by atoms with Crippen molar-refractivity contribution in [2.75, 3.05) is 11.4 Å². The number of nitrogens with one attached hydrogen (secondary N) is 2. The van der Waals surface area contributed by atoms with Crippen LogP contribution < -0.4 is 21.0 Å². The van der Waals surface area contributed by atoms with E-state index in [0.29, 0.717) is 22.9 Å². The monoisotopic (exact) mass is 571 g/mol. The normalized spacial score (nSPS) is 16.3. The van der Waals surface area contributed by atoms with Crippen molar-refractivity contribution < 1.29 is 45.8 Å². The van der Waals surface area contributed by atoms with Crippen molar-refractivity contribution in [2.45, 2.75) is 38.0 Å². The third kappa shape index (κ3) is 5.41. The van der Waals surface area contributed by atoms with Gasteiger partial charge in [0.2, 0.25) is 11.3 Å². The van der Waals surface area contributed by atoms with Gasteiger partial charge in [-0.05, 0) is 18.6 Å². The number of rotatable bonds is 6. The molecule has 212 valence electrons. The van der Waals surface area contributed by atoms with Gasteiger partial charge in [0.15, 0.2) is 17.3 Å². The van der Waals surface area contributed by atoms with Crippen LogP contribution in [0.25, 0.3) is 16.7 Å². The van der Waals surface area contributed by atoms with Crippen LogP contribution in [0.3, 0.4) is 0 Å². The molecule has 3 amide bonds. The van der Waals surface area contributed by atoms with Crippen molar-refractivity contribution in [3.8, 4) is 5.69 Å². The van der Waals surface area contributed by atoms with Gasteiger partial charge in [-0.3, -0.25) is 23.9 Å². The second kappa shape index (κ2) is 10.5. The quantitative estimate of drug-likeness (QED) is 0.389. The number of amides is 3. The van der Waals surface area contributed by atoms with Crippen LogP contribution in [0.4, 0.5) is 37.0 Å². The number of pyridine rings is 2. The highest BCUT2D eigenvalue weighted by molar-refractivity contribution is 5.99. The van der Waals surface area contributed by atoms with E-state index in [1.54, 1.807) is 5.32 Å². The zero-order chi connectivity index (χ0) is 29.5. The first-order chi connectivity index (χ1) is 18.7. The van der Waals surface area contributed by atoms with Crippen molar-refractivity contribution in [1.82, 2.24) is 20.2 Å². The molecule has 0 bridgehead atoms. The average Bonchev–Trinajstić information content (AvgIpc) is 3.21. The predicted molar refractivity (Wildman–Crippen MR) is 127 cm³/mol. The SMILES string of the molecule is CCC(NC(=O)c1cn(-c2c(F)cc(F)cc2F)c2nc(N3CC(NC(=O)O)CC3=O)ccc2c1=O)C(F)(F)F. The van der Waals surface area contributed by atoms with Crippen LogP contribution in [0.2, 0.25) is 0 Å². The molecule has 2 aromatic heterocycles. The summed E-state index contributed by atoms with van der Waals surface area (Å²) in [6, 6.07) is -0.374. The van der Waals surface area contributed by atoms with Crippen molar-refractivity contribution in [2.24, 2.45) is 0 Å². The lowest BCUT2D eigenvalue weighted by Gasteiger charge is -2.21. The van der Waals surface area contributed by atoms with E-state index in [1.807, 2.05) is 0 Å². The Morgan fingerprint density at radius 1 is 1.15 bits per heavy atom. The summed E-state index contributed by atoms with van der Waals surface area (Å²) in [4.78, 5) is 54.6. The zero-order valence-corrected chi connectivity index (χ0v) is 20.4. The topological polar surface area (TPSA) is 134 Å². The Bertz CT molecular complexity index is 1570. The van der Waals surface area contributed by atoms with E-state index in [1.165, 1.54) is 0 Å². The van der Waals surface area contributed by atoms with Gasteiger partial charge in [-0.2, -0.15) is 13.2 Å². The molecule has 1 fully saturated rings. The second-order valence-corrected chi connectivity index (χ2v) is 8.83. The number of anilines is 1. The van der Waals surface area contributed by atoms with E-state index >= 15 is 0 Å². The molecule has 1 aliphatic rings. The lowest BCUT2D eigenvalue weighted by molar-refractivity contribution is -0.153. The third-order valence-corrected chi connectivity index (χ3v) is 6.14. The summed E-state index contributed by atoms with van der Waals surface area (Å²) < 4.78 is 83.6. The standard InChI is InChI=1S/C24H19F6N5O5/c1-2-16(24(28,29)30)32-22(38)13-9-35(19-14(26)5-10(25)6-15(19)27)21-12(20(13)37)3-4-17(33-21)34-8-11(7-18(34)36)31-23(39)40/h3-6,9,11,16,31H,2,7-8H2,1H3,(H,32,38)(H,39,40). The molecule has 0 spiro atoms. The molecule has 1 aromatic carbocycles. The average molecular weight is 571 g/mol. The first kappa shape index (κ1) is 28.4. The highest BCUT2D eigenvalue weighted by Gasteiger charge is 2.40. The van der Waals surface area contributed by atoms with Gasteiger partial charge in [-0.25, -0.2) is 22.9 Å². The van der Waals surface area contributed by atoms with Gasteiger partial charge in [0.1, 0.15) is 28.9 Å². The molecule has 16 heteroatoms. The largest absolute Gasteiger partial charge is 0.465 e. The summed E-state index contributed by atoms with van der Waals surface area (Å²) in [5.74, 6) is -6.52. The molecule has 1 aliphatic heterocycles. The van der Waals surface area contributed by atoms with Gasteiger partial charge in [0, 0.05) is 31.3 Å². The van der Waals surface area contributed by atoms with Crippen LogP contribution in [0.1, 0.15) is 30.1 Å². The second-order valence-electron chi connectivity index (χ2n) is 8.83. The summed E-state index contributed by atoms with van der Waals surface area (Å²) in [5, 5.41) is 12.3. The number of halogens is 6. The lowest BCUT2D eigenvalue weighted by Crippen LogP contribution is -2.46. The third-order valence-electron chi connectivity index (χ3n) is 6.14. The fourth-order valence-electron chi connectivity index (χ4n) is 4.29. The molecule has 3 aromatic rings. The Hall–Kier alpha value is -4.63. The van der Waals surface area contributed by atoms with E-state index in [0.717, 1.165) is 24.0 Å². The Kier molecular flexibility index (Phi) is 7.45. The van der Waals surface area contributed by atoms with Gasteiger partial charge in [-0.1, -0.05) is 6.92 Å². The fraction of sp³-hybridized carbons (Fsp3) is 0.292. The van der Waals surface area contributed by atoms with E-state index in [2.05, 4.69) is 10.3 Å². The Balaban J connectivity index is 1.91. The highest BCUT2D eigenvalue weighted by Crippen LogP contribution is 2.27. The number of carbonyl (C=O) groups excluding carboxylic acids is 2. The minimum Gasteiger partial charge on any atom is -0.465 e. The minimum absolute atomic E-state index is 0.163. The molecule has 2 unspecified atom stereocenters. The molecule has 1 saturated heterocycles. The Labute approximate surface area is 220 Å². The van der Waals surface area contributed by atoms with E-state index in [9.17, 15) is 45.5 Å². The molecule has 2 atom stereocenters.